The van der Waals surface area contributed by atoms with Crippen LogP contribution in [0.3, 0.4) is 0 Å². The van der Waals surface area contributed by atoms with Crippen molar-refractivity contribution in [2.24, 2.45) is 11.3 Å². The molecule has 0 radical (unpaired) electrons. The number of nitriles is 1. The van der Waals surface area contributed by atoms with E-state index in [0.717, 1.165) is 24.8 Å². The minimum absolute atomic E-state index is 0.0464. The number of anilines is 1. The Morgan fingerprint density at radius 1 is 1.18 bits per heavy atom. The smallest absolute Gasteiger partial charge is 0.408 e. The number of carbonyl (C=O) groups excluding carboxylic acids is 4. The average Bonchev–Trinajstić information content (AvgIpc) is 3.37. The Labute approximate surface area is 236 Å². The van der Waals surface area contributed by atoms with E-state index in [9.17, 15) is 24.4 Å². The standard InChI is InChI=1S/C30H41N5O5/c1-18(2)13-23(34-28(39)40-20-9-8-10-20)25(36)32-24(15-29(3,4)5)26(37)35-17-30(14-19(35)16-31)21-11-6-7-12-22(21)33-27(30)38/h6-7,11-12,18-20,23-24H,8-10,13-15,17H2,1-5H3,(H,32,36)(H,33,38)(H,34,39)/t19-,23-,24-,30-/m0/s1. The fourth-order valence-electron chi connectivity index (χ4n) is 5.79. The second-order valence-corrected chi connectivity index (χ2v) is 13.0. The highest BCUT2D eigenvalue weighted by molar-refractivity contribution is 6.07. The first-order chi connectivity index (χ1) is 18.8. The zero-order valence-electron chi connectivity index (χ0n) is 24.1. The maximum atomic E-state index is 14.1. The molecule has 1 aliphatic carbocycles. The van der Waals surface area contributed by atoms with E-state index in [4.69, 9.17) is 4.74 Å². The average molecular weight is 552 g/mol. The molecule has 40 heavy (non-hydrogen) atoms. The summed E-state index contributed by atoms with van der Waals surface area (Å²) in [5.74, 6) is -1.02. The van der Waals surface area contributed by atoms with Gasteiger partial charge in [0.25, 0.3) is 0 Å². The summed E-state index contributed by atoms with van der Waals surface area (Å²) < 4.78 is 5.40. The van der Waals surface area contributed by atoms with Gasteiger partial charge in [0.05, 0.1) is 11.5 Å². The predicted octanol–water partition coefficient (Wildman–Crippen LogP) is 3.62. The lowest BCUT2D eigenvalue weighted by molar-refractivity contribution is -0.138. The van der Waals surface area contributed by atoms with Crippen molar-refractivity contribution < 1.29 is 23.9 Å². The van der Waals surface area contributed by atoms with Gasteiger partial charge in [-0.3, -0.25) is 14.4 Å². The van der Waals surface area contributed by atoms with Crippen molar-refractivity contribution in [3.05, 3.63) is 29.8 Å². The third kappa shape index (κ3) is 6.24. The van der Waals surface area contributed by atoms with Crippen LogP contribution in [0.25, 0.3) is 0 Å². The first kappa shape index (κ1) is 29.4. The summed E-state index contributed by atoms with van der Waals surface area (Å²) >= 11 is 0. The van der Waals surface area contributed by atoms with E-state index < -0.39 is 41.4 Å². The lowest BCUT2D eigenvalue weighted by atomic mass is 9.80. The monoisotopic (exact) mass is 551 g/mol. The second-order valence-electron chi connectivity index (χ2n) is 13.0. The highest BCUT2D eigenvalue weighted by atomic mass is 16.6. The van der Waals surface area contributed by atoms with Gasteiger partial charge in [-0.1, -0.05) is 52.8 Å². The number of hydrogen-bond donors (Lipinski definition) is 3. The van der Waals surface area contributed by atoms with Crippen LogP contribution >= 0.6 is 0 Å². The highest BCUT2D eigenvalue weighted by Crippen LogP contribution is 2.46. The molecular weight excluding hydrogens is 510 g/mol. The fourth-order valence-corrected chi connectivity index (χ4v) is 5.79. The van der Waals surface area contributed by atoms with E-state index in [1.54, 1.807) is 0 Å². The van der Waals surface area contributed by atoms with Crippen molar-refractivity contribution in [1.82, 2.24) is 15.5 Å². The number of nitrogens with one attached hydrogen (secondary N) is 3. The number of hydrogen-bond acceptors (Lipinski definition) is 6. The van der Waals surface area contributed by atoms with E-state index >= 15 is 0 Å². The Morgan fingerprint density at radius 3 is 2.48 bits per heavy atom. The lowest BCUT2D eigenvalue weighted by Gasteiger charge is -2.32. The molecule has 10 nitrogen and oxygen atoms in total. The van der Waals surface area contributed by atoms with Gasteiger partial charge in [0.1, 0.15) is 24.2 Å². The molecule has 0 bridgehead atoms. The number of rotatable bonds is 8. The normalized spacial score (nSPS) is 23.6. The molecular formula is C30H41N5O5. The Balaban J connectivity index is 1.55. The summed E-state index contributed by atoms with van der Waals surface area (Å²) in [6.45, 7) is 9.84. The third-order valence-corrected chi connectivity index (χ3v) is 7.99. The second kappa shape index (κ2) is 11.5. The van der Waals surface area contributed by atoms with Crippen LogP contribution in [-0.4, -0.2) is 59.5 Å². The molecule has 4 rings (SSSR count). The van der Waals surface area contributed by atoms with Crippen molar-refractivity contribution in [1.29, 1.82) is 5.26 Å². The van der Waals surface area contributed by atoms with Gasteiger partial charge in [-0.15, -0.1) is 0 Å². The number of para-hydroxylation sites is 1. The third-order valence-electron chi connectivity index (χ3n) is 7.99. The molecule has 1 aromatic carbocycles. The molecule has 2 heterocycles. The molecule has 1 saturated carbocycles. The number of fused-ring (bicyclic) bond motifs is 2. The van der Waals surface area contributed by atoms with Crippen molar-refractivity contribution in [2.45, 2.75) is 103 Å². The summed E-state index contributed by atoms with van der Waals surface area (Å²) in [5, 5.41) is 18.5. The molecule has 1 spiro atoms. The van der Waals surface area contributed by atoms with Crippen LogP contribution in [0.15, 0.2) is 24.3 Å². The molecule has 216 valence electrons. The largest absolute Gasteiger partial charge is 0.446 e. The van der Waals surface area contributed by atoms with Crippen LogP contribution in [-0.2, 0) is 24.5 Å². The van der Waals surface area contributed by atoms with Crippen LogP contribution in [0.1, 0.15) is 78.7 Å². The summed E-state index contributed by atoms with van der Waals surface area (Å²) in [4.78, 5) is 54.7. The van der Waals surface area contributed by atoms with Gasteiger partial charge in [-0.25, -0.2) is 4.79 Å². The molecule has 10 heteroatoms. The van der Waals surface area contributed by atoms with Gasteiger partial charge in [0, 0.05) is 18.7 Å². The van der Waals surface area contributed by atoms with E-state index in [2.05, 4.69) is 22.0 Å². The first-order valence-electron chi connectivity index (χ1n) is 14.2. The molecule has 1 saturated heterocycles. The Morgan fingerprint density at radius 2 is 1.88 bits per heavy atom. The fraction of sp³-hybridized carbons (Fsp3) is 0.633. The molecule has 3 aliphatic rings. The van der Waals surface area contributed by atoms with Crippen molar-refractivity contribution in [3.8, 4) is 6.07 Å². The van der Waals surface area contributed by atoms with Crippen molar-refractivity contribution in [2.75, 3.05) is 11.9 Å². The quantitative estimate of drug-likeness (QED) is 0.451. The molecule has 2 aliphatic heterocycles. The molecule has 0 unspecified atom stereocenters. The number of carbonyl (C=O) groups is 4. The molecule has 2 fully saturated rings. The van der Waals surface area contributed by atoms with E-state index in [1.165, 1.54) is 4.90 Å². The van der Waals surface area contributed by atoms with Crippen molar-refractivity contribution >= 4 is 29.5 Å². The highest BCUT2D eigenvalue weighted by Gasteiger charge is 2.56. The van der Waals surface area contributed by atoms with E-state index in [0.29, 0.717) is 18.5 Å². The van der Waals surface area contributed by atoms with E-state index in [1.807, 2.05) is 58.9 Å². The van der Waals surface area contributed by atoms with Crippen LogP contribution < -0.4 is 16.0 Å². The molecule has 0 aromatic heterocycles. The summed E-state index contributed by atoms with van der Waals surface area (Å²) in [6.07, 6.45) is 2.74. The Hall–Kier alpha value is -3.61. The number of ether oxygens (including phenoxy) is 1. The van der Waals surface area contributed by atoms with Gasteiger partial charge in [-0.2, -0.15) is 5.26 Å². The van der Waals surface area contributed by atoms with Crippen LogP contribution in [0.5, 0.6) is 0 Å². The molecule has 3 N–H and O–H groups in total. The zero-order valence-corrected chi connectivity index (χ0v) is 24.1. The SMILES string of the molecule is CC(C)C[C@H](NC(=O)OC1CCC1)C(=O)N[C@@H](CC(C)(C)C)C(=O)N1C[C@]2(C[C@H]1C#N)C(=O)Nc1ccccc12. The van der Waals surface area contributed by atoms with Crippen LogP contribution in [0.4, 0.5) is 10.5 Å². The topological polar surface area (TPSA) is 141 Å². The number of nitrogens with zero attached hydrogens (tertiary/aromatic N) is 2. The summed E-state index contributed by atoms with van der Waals surface area (Å²) in [6, 6.07) is 6.89. The zero-order chi connectivity index (χ0) is 29.2. The van der Waals surface area contributed by atoms with Gasteiger partial charge in [-0.05, 0) is 55.1 Å². The number of amides is 4. The van der Waals surface area contributed by atoms with Crippen molar-refractivity contribution in [3.63, 3.8) is 0 Å². The first-order valence-corrected chi connectivity index (χ1v) is 14.2. The minimum Gasteiger partial charge on any atom is -0.446 e. The van der Waals surface area contributed by atoms with Crippen LogP contribution in [0.2, 0.25) is 0 Å². The van der Waals surface area contributed by atoms with Gasteiger partial charge in [0.15, 0.2) is 0 Å². The maximum Gasteiger partial charge on any atom is 0.408 e. The van der Waals surface area contributed by atoms with Gasteiger partial charge in [0.2, 0.25) is 17.7 Å². The summed E-state index contributed by atoms with van der Waals surface area (Å²) in [7, 11) is 0. The lowest BCUT2D eigenvalue weighted by Crippen LogP contribution is -2.56. The number of alkyl carbamates (subject to hydrolysis) is 1. The number of benzene rings is 1. The molecule has 1 aromatic rings. The Bertz CT molecular complexity index is 1200. The molecule has 4 amide bonds. The van der Waals surface area contributed by atoms with E-state index in [-0.39, 0.29) is 36.3 Å². The van der Waals surface area contributed by atoms with Crippen LogP contribution in [0, 0.1) is 22.7 Å². The molecule has 4 atom stereocenters. The minimum atomic E-state index is -1.02. The maximum absolute atomic E-state index is 14.1. The summed E-state index contributed by atoms with van der Waals surface area (Å²) in [5.41, 5.74) is 0.109. The number of likely N-dealkylation sites (tertiary alicyclic amines) is 1. The Kier molecular flexibility index (Phi) is 8.43. The van der Waals surface area contributed by atoms with Gasteiger partial charge < -0.3 is 25.6 Å². The van der Waals surface area contributed by atoms with Gasteiger partial charge >= 0.3 is 6.09 Å². The predicted molar refractivity (Wildman–Crippen MR) is 149 cm³/mol.